The van der Waals surface area contributed by atoms with Gasteiger partial charge in [-0.25, -0.2) is 0 Å². The molecule has 0 spiro atoms. The van der Waals surface area contributed by atoms with E-state index >= 15 is 0 Å². The third kappa shape index (κ3) is 2.16. The summed E-state index contributed by atoms with van der Waals surface area (Å²) >= 11 is 0. The molecule has 0 amide bonds. The first-order valence-electron chi connectivity index (χ1n) is 10.1. The summed E-state index contributed by atoms with van der Waals surface area (Å²) in [5, 5.41) is 10.7. The highest BCUT2D eigenvalue weighted by Gasteiger charge is 2.63. The van der Waals surface area contributed by atoms with Crippen LogP contribution in [0.1, 0.15) is 64.5 Å². The van der Waals surface area contributed by atoms with Gasteiger partial charge in [0.2, 0.25) is 0 Å². The van der Waals surface area contributed by atoms with Crippen molar-refractivity contribution >= 4 is 0 Å². The molecule has 0 bridgehead atoms. The minimum atomic E-state index is -0.177. The van der Waals surface area contributed by atoms with Gasteiger partial charge in [0.1, 0.15) is 11.5 Å². The summed E-state index contributed by atoms with van der Waals surface area (Å²) < 4.78 is 11.4. The number of benzene rings is 1. The van der Waals surface area contributed by atoms with Crippen LogP contribution in [0.3, 0.4) is 0 Å². The molecule has 2 saturated carbocycles. The molecule has 1 aromatic carbocycles. The zero-order valence-corrected chi connectivity index (χ0v) is 17.2. The summed E-state index contributed by atoms with van der Waals surface area (Å²) in [4.78, 5) is 0. The molecule has 26 heavy (non-hydrogen) atoms. The van der Waals surface area contributed by atoms with E-state index in [0.29, 0.717) is 11.8 Å². The normalized spacial score (nSPS) is 40.3. The maximum atomic E-state index is 10.7. The lowest BCUT2D eigenvalue weighted by molar-refractivity contribution is -0.151. The summed E-state index contributed by atoms with van der Waals surface area (Å²) in [6.07, 6.45) is 5.31. The summed E-state index contributed by atoms with van der Waals surface area (Å²) in [6.45, 7) is 9.53. The van der Waals surface area contributed by atoms with Crippen LogP contribution < -0.4 is 9.47 Å². The molecule has 0 radical (unpaired) electrons. The second-order valence-corrected chi connectivity index (χ2v) is 10.0. The Hall–Kier alpha value is -1.22. The van der Waals surface area contributed by atoms with Crippen LogP contribution in [0, 0.1) is 22.7 Å². The molecule has 0 aliphatic heterocycles. The molecule has 3 aliphatic carbocycles. The van der Waals surface area contributed by atoms with Crippen LogP contribution in [0.4, 0.5) is 0 Å². The van der Waals surface area contributed by atoms with Crippen molar-refractivity contribution in [3.05, 3.63) is 23.3 Å². The van der Waals surface area contributed by atoms with Crippen molar-refractivity contribution in [1.29, 1.82) is 0 Å². The van der Waals surface area contributed by atoms with Crippen LogP contribution in [0.15, 0.2) is 12.1 Å². The van der Waals surface area contributed by atoms with E-state index in [1.807, 2.05) is 0 Å². The molecule has 0 heterocycles. The van der Waals surface area contributed by atoms with Gasteiger partial charge in [-0.15, -0.1) is 0 Å². The molecule has 3 aliphatic rings. The lowest BCUT2D eigenvalue weighted by Gasteiger charge is -2.62. The lowest BCUT2D eigenvalue weighted by Crippen LogP contribution is -2.58. The van der Waals surface area contributed by atoms with Crippen molar-refractivity contribution in [1.82, 2.24) is 0 Å². The average molecular weight is 359 g/mol. The van der Waals surface area contributed by atoms with E-state index in [0.717, 1.165) is 30.8 Å². The quantitative estimate of drug-likeness (QED) is 0.830. The van der Waals surface area contributed by atoms with Gasteiger partial charge in [-0.1, -0.05) is 27.7 Å². The maximum absolute atomic E-state index is 10.7. The van der Waals surface area contributed by atoms with Crippen molar-refractivity contribution in [3.63, 3.8) is 0 Å². The molecule has 0 saturated heterocycles. The van der Waals surface area contributed by atoms with E-state index in [9.17, 15) is 5.11 Å². The van der Waals surface area contributed by atoms with Crippen molar-refractivity contribution in [2.45, 2.75) is 71.3 Å². The molecule has 1 N–H and O–H groups in total. The molecule has 2 fully saturated rings. The molecule has 5 atom stereocenters. The molecule has 4 rings (SSSR count). The molecule has 1 aromatic rings. The van der Waals surface area contributed by atoms with Crippen LogP contribution in [-0.2, 0) is 11.8 Å². The van der Waals surface area contributed by atoms with Gasteiger partial charge < -0.3 is 14.6 Å². The summed E-state index contributed by atoms with van der Waals surface area (Å²) in [7, 11) is 3.51. The first-order chi connectivity index (χ1) is 12.2. The Morgan fingerprint density at radius 2 is 1.69 bits per heavy atom. The van der Waals surface area contributed by atoms with Gasteiger partial charge in [-0.3, -0.25) is 0 Å². The van der Waals surface area contributed by atoms with Gasteiger partial charge in [0.05, 0.1) is 20.3 Å². The fourth-order valence-corrected chi connectivity index (χ4v) is 7.25. The zero-order chi connectivity index (χ0) is 18.9. The Morgan fingerprint density at radius 1 is 0.962 bits per heavy atom. The Balaban J connectivity index is 1.82. The zero-order valence-electron chi connectivity index (χ0n) is 17.2. The molecular weight excluding hydrogens is 324 g/mol. The van der Waals surface area contributed by atoms with E-state index < -0.39 is 0 Å². The van der Waals surface area contributed by atoms with E-state index in [1.54, 1.807) is 14.2 Å². The highest BCUT2D eigenvalue weighted by Crippen LogP contribution is 2.68. The van der Waals surface area contributed by atoms with Gasteiger partial charge in [0, 0.05) is 17.0 Å². The number of rotatable bonds is 2. The highest BCUT2D eigenvalue weighted by molar-refractivity contribution is 5.55. The van der Waals surface area contributed by atoms with Crippen LogP contribution in [0.25, 0.3) is 0 Å². The Labute approximate surface area is 158 Å². The Bertz CT molecular complexity index is 724. The first-order valence-corrected chi connectivity index (χ1v) is 10.1. The number of hydrogen-bond acceptors (Lipinski definition) is 3. The summed E-state index contributed by atoms with van der Waals surface area (Å²) in [6, 6.07) is 4.28. The van der Waals surface area contributed by atoms with Gasteiger partial charge in [0.25, 0.3) is 0 Å². The minimum absolute atomic E-state index is 0.00905. The monoisotopic (exact) mass is 358 g/mol. The van der Waals surface area contributed by atoms with Gasteiger partial charge >= 0.3 is 0 Å². The second kappa shape index (κ2) is 5.64. The summed E-state index contributed by atoms with van der Waals surface area (Å²) in [5.74, 6) is 3.04. The van der Waals surface area contributed by atoms with Crippen LogP contribution >= 0.6 is 0 Å². The third-order valence-corrected chi connectivity index (χ3v) is 8.64. The lowest BCUT2D eigenvalue weighted by atomic mass is 9.43. The van der Waals surface area contributed by atoms with Gasteiger partial charge in [-0.2, -0.15) is 0 Å². The van der Waals surface area contributed by atoms with Crippen molar-refractivity contribution in [2.75, 3.05) is 14.2 Å². The fourth-order valence-electron chi connectivity index (χ4n) is 7.25. The van der Waals surface area contributed by atoms with Crippen molar-refractivity contribution in [2.24, 2.45) is 22.7 Å². The summed E-state index contributed by atoms with van der Waals surface area (Å²) in [5.41, 5.74) is 3.21. The van der Waals surface area contributed by atoms with Crippen LogP contribution in [0.5, 0.6) is 11.5 Å². The number of hydrogen-bond donors (Lipinski definition) is 1. The second-order valence-electron chi connectivity index (χ2n) is 10.0. The standard InChI is InChI=1S/C23H34O3/c1-21(2)17-7-9-23(4)18(22(17,3)10-8-19(21)24)12-14-11-15(25-5)13-16(26-6)20(14)23/h11,13,17-19,24H,7-10,12H2,1-6H3/t17?,18-,19+,22+,23-/m1/s1. The first kappa shape index (κ1) is 18.2. The number of fused-ring (bicyclic) bond motifs is 5. The SMILES string of the molecule is COc1cc2c(c(OC)c1)[C@]1(C)CCC3C(C)(C)[C@@H](O)CC[C@]3(C)[C@H]1C2. The highest BCUT2D eigenvalue weighted by atomic mass is 16.5. The van der Waals surface area contributed by atoms with E-state index in [1.165, 1.54) is 24.0 Å². The molecule has 144 valence electrons. The van der Waals surface area contributed by atoms with E-state index in [4.69, 9.17) is 9.47 Å². The van der Waals surface area contributed by atoms with Gasteiger partial charge in [0.15, 0.2) is 0 Å². The average Bonchev–Trinajstić information content (AvgIpc) is 2.92. The molecule has 1 unspecified atom stereocenters. The predicted molar refractivity (Wildman–Crippen MR) is 104 cm³/mol. The number of aliphatic hydroxyl groups excluding tert-OH is 1. The fraction of sp³-hybridized carbons (Fsp3) is 0.739. The number of methoxy groups -OCH3 is 2. The van der Waals surface area contributed by atoms with E-state index in [-0.39, 0.29) is 22.3 Å². The molecule has 0 aromatic heterocycles. The van der Waals surface area contributed by atoms with Crippen molar-refractivity contribution < 1.29 is 14.6 Å². The largest absolute Gasteiger partial charge is 0.497 e. The Morgan fingerprint density at radius 3 is 2.35 bits per heavy atom. The maximum Gasteiger partial charge on any atom is 0.126 e. The third-order valence-electron chi connectivity index (χ3n) is 8.64. The minimum Gasteiger partial charge on any atom is -0.497 e. The van der Waals surface area contributed by atoms with Crippen molar-refractivity contribution in [3.8, 4) is 11.5 Å². The smallest absolute Gasteiger partial charge is 0.126 e. The topological polar surface area (TPSA) is 38.7 Å². The van der Waals surface area contributed by atoms with Gasteiger partial charge in [-0.05, 0) is 66.4 Å². The predicted octanol–water partition coefficient (Wildman–Crippen LogP) is 4.73. The van der Waals surface area contributed by atoms with Crippen LogP contribution in [-0.4, -0.2) is 25.4 Å². The number of ether oxygens (including phenoxy) is 2. The molecule has 3 nitrogen and oxygen atoms in total. The van der Waals surface area contributed by atoms with E-state index in [2.05, 4.69) is 39.8 Å². The number of aliphatic hydroxyl groups is 1. The molecule has 3 heteroatoms. The molecular formula is C23H34O3. The van der Waals surface area contributed by atoms with Crippen LogP contribution in [0.2, 0.25) is 0 Å². The Kier molecular flexibility index (Phi) is 3.94.